The van der Waals surface area contributed by atoms with Crippen molar-refractivity contribution in [1.29, 1.82) is 0 Å². The first kappa shape index (κ1) is 13.5. The van der Waals surface area contributed by atoms with E-state index in [2.05, 4.69) is 15.3 Å². The lowest BCUT2D eigenvalue weighted by molar-refractivity contribution is 0.102. The summed E-state index contributed by atoms with van der Waals surface area (Å²) in [6.07, 6.45) is 1.63. The van der Waals surface area contributed by atoms with Gasteiger partial charge in [0.25, 0.3) is 5.91 Å². The third-order valence-electron chi connectivity index (χ3n) is 3.07. The summed E-state index contributed by atoms with van der Waals surface area (Å²) in [5.74, 6) is -0.163. The molecule has 3 rings (SSSR count). The highest BCUT2D eigenvalue weighted by Gasteiger charge is 2.12. The lowest BCUT2D eigenvalue weighted by Gasteiger charge is -2.07. The second-order valence-corrected chi connectivity index (χ2v) is 5.40. The van der Waals surface area contributed by atoms with Gasteiger partial charge in [-0.15, -0.1) is 11.3 Å². The van der Waals surface area contributed by atoms with Crippen LogP contribution in [0.5, 0.6) is 0 Å². The van der Waals surface area contributed by atoms with Gasteiger partial charge >= 0.3 is 0 Å². The molecule has 2 aromatic heterocycles. The molecule has 0 spiro atoms. The van der Waals surface area contributed by atoms with E-state index < -0.39 is 0 Å². The molecule has 0 bridgehead atoms. The number of rotatable bonds is 3. The van der Waals surface area contributed by atoms with Gasteiger partial charge in [-0.25, -0.2) is 0 Å². The van der Waals surface area contributed by atoms with Crippen molar-refractivity contribution in [3.05, 3.63) is 65.4 Å². The topological polar surface area (TPSA) is 54.9 Å². The normalized spacial score (nSPS) is 10.3. The number of benzene rings is 1. The minimum atomic E-state index is -0.163. The lowest BCUT2D eigenvalue weighted by Crippen LogP contribution is -2.13. The van der Waals surface area contributed by atoms with Gasteiger partial charge in [0, 0.05) is 5.56 Å². The first-order valence-electron chi connectivity index (χ1n) is 6.47. The molecule has 1 amide bonds. The zero-order valence-corrected chi connectivity index (χ0v) is 12.2. The van der Waals surface area contributed by atoms with Gasteiger partial charge < -0.3 is 5.32 Å². The fourth-order valence-electron chi connectivity index (χ4n) is 2.03. The minimum absolute atomic E-state index is 0.163. The van der Waals surface area contributed by atoms with E-state index in [0.717, 1.165) is 16.3 Å². The van der Waals surface area contributed by atoms with Crippen LogP contribution >= 0.6 is 11.3 Å². The molecule has 0 aliphatic carbocycles. The number of carbonyl (C=O) groups is 1. The van der Waals surface area contributed by atoms with Crippen molar-refractivity contribution in [1.82, 2.24) is 9.97 Å². The number of thiazole rings is 1. The Morgan fingerprint density at radius 3 is 2.62 bits per heavy atom. The highest BCUT2D eigenvalue weighted by atomic mass is 32.1. The molecule has 0 saturated heterocycles. The molecule has 1 N–H and O–H groups in total. The smallest absolute Gasteiger partial charge is 0.258 e. The number of amides is 1. The number of aromatic nitrogens is 2. The Bertz CT molecular complexity index is 754. The zero-order valence-electron chi connectivity index (χ0n) is 11.4. The Morgan fingerprint density at radius 2 is 1.95 bits per heavy atom. The van der Waals surface area contributed by atoms with Gasteiger partial charge in [-0.05, 0) is 19.1 Å². The average molecular weight is 295 g/mol. The number of pyridine rings is 1. The number of anilines is 1. The fourth-order valence-corrected chi connectivity index (χ4v) is 2.54. The van der Waals surface area contributed by atoms with Gasteiger partial charge in [0.2, 0.25) is 0 Å². The van der Waals surface area contributed by atoms with Crippen LogP contribution in [0.3, 0.4) is 0 Å². The van der Waals surface area contributed by atoms with Crippen molar-refractivity contribution < 1.29 is 4.79 Å². The second-order valence-electron chi connectivity index (χ2n) is 4.52. The molecule has 1 aromatic carbocycles. The van der Waals surface area contributed by atoms with Crippen LogP contribution in [0.2, 0.25) is 0 Å². The van der Waals surface area contributed by atoms with E-state index in [-0.39, 0.29) is 5.91 Å². The summed E-state index contributed by atoms with van der Waals surface area (Å²) >= 11 is 1.39. The van der Waals surface area contributed by atoms with E-state index >= 15 is 0 Å². The Kier molecular flexibility index (Phi) is 3.75. The molecule has 4 nitrogen and oxygen atoms in total. The van der Waals surface area contributed by atoms with Crippen LogP contribution in [-0.2, 0) is 0 Å². The summed E-state index contributed by atoms with van der Waals surface area (Å²) in [4.78, 5) is 20.7. The molecule has 0 aliphatic heterocycles. The Hall–Kier alpha value is -2.53. The molecule has 0 unspecified atom stereocenters. The van der Waals surface area contributed by atoms with Crippen LogP contribution in [0.15, 0.2) is 54.2 Å². The quantitative estimate of drug-likeness (QED) is 0.800. The first-order valence-corrected chi connectivity index (χ1v) is 7.35. The van der Waals surface area contributed by atoms with Crippen LogP contribution in [0, 0.1) is 6.92 Å². The van der Waals surface area contributed by atoms with E-state index in [1.807, 2.05) is 43.3 Å². The molecule has 21 heavy (non-hydrogen) atoms. The molecule has 0 atom stereocenters. The van der Waals surface area contributed by atoms with Crippen LogP contribution in [0.1, 0.15) is 16.1 Å². The molecular formula is C16H13N3OS. The van der Waals surface area contributed by atoms with E-state index in [9.17, 15) is 4.79 Å². The van der Waals surface area contributed by atoms with Gasteiger partial charge in [-0.2, -0.15) is 0 Å². The number of hydrogen-bond donors (Lipinski definition) is 1. The predicted octanol–water partition coefficient (Wildman–Crippen LogP) is 3.77. The van der Waals surface area contributed by atoms with Crippen molar-refractivity contribution >= 4 is 22.2 Å². The molecule has 0 saturated carbocycles. The van der Waals surface area contributed by atoms with Crippen molar-refractivity contribution in [2.24, 2.45) is 0 Å². The van der Waals surface area contributed by atoms with Crippen molar-refractivity contribution in [3.63, 3.8) is 0 Å². The molecule has 3 aromatic rings. The molecule has 2 heterocycles. The van der Waals surface area contributed by atoms with Gasteiger partial charge in [-0.3, -0.25) is 14.8 Å². The maximum Gasteiger partial charge on any atom is 0.258 e. The van der Waals surface area contributed by atoms with Crippen molar-refractivity contribution in [2.45, 2.75) is 6.92 Å². The van der Waals surface area contributed by atoms with Crippen LogP contribution < -0.4 is 5.32 Å². The van der Waals surface area contributed by atoms with Crippen LogP contribution in [0.4, 0.5) is 5.00 Å². The largest absolute Gasteiger partial charge is 0.312 e. The minimum Gasteiger partial charge on any atom is -0.312 e. The number of carbonyl (C=O) groups excluding carboxylic acids is 1. The third-order valence-corrected chi connectivity index (χ3v) is 3.76. The highest BCUT2D eigenvalue weighted by Crippen LogP contribution is 2.20. The molecule has 104 valence electrons. The molecule has 0 fully saturated rings. The molecule has 0 radical (unpaired) electrons. The maximum absolute atomic E-state index is 12.2. The van der Waals surface area contributed by atoms with Gasteiger partial charge in [0.1, 0.15) is 5.00 Å². The second kappa shape index (κ2) is 5.85. The summed E-state index contributed by atoms with van der Waals surface area (Å²) in [5.41, 5.74) is 4.86. The molecular weight excluding hydrogens is 282 g/mol. The predicted molar refractivity (Wildman–Crippen MR) is 84.5 cm³/mol. The monoisotopic (exact) mass is 295 g/mol. The summed E-state index contributed by atoms with van der Waals surface area (Å²) in [7, 11) is 0. The number of nitrogens with zero attached hydrogens (tertiary/aromatic N) is 2. The number of nitrogens with one attached hydrogen (secondary N) is 1. The maximum atomic E-state index is 12.2. The molecule has 5 heteroatoms. The van der Waals surface area contributed by atoms with Crippen LogP contribution in [0.25, 0.3) is 11.3 Å². The van der Waals surface area contributed by atoms with E-state index in [1.165, 1.54) is 11.3 Å². The SMILES string of the molecule is Cc1nc(-c2ccccc2)ccc1C(=O)Nc1cncs1. The summed E-state index contributed by atoms with van der Waals surface area (Å²) in [6.45, 7) is 1.84. The van der Waals surface area contributed by atoms with E-state index in [1.54, 1.807) is 17.8 Å². The Balaban J connectivity index is 1.86. The standard InChI is InChI=1S/C16H13N3OS/c1-11-13(16(20)19-15-9-17-10-21-15)7-8-14(18-11)12-5-3-2-4-6-12/h2-10H,1H3,(H,19,20). The summed E-state index contributed by atoms with van der Waals surface area (Å²) < 4.78 is 0. The van der Waals surface area contributed by atoms with Crippen LogP contribution in [-0.4, -0.2) is 15.9 Å². The van der Waals surface area contributed by atoms with Crippen molar-refractivity contribution in [3.8, 4) is 11.3 Å². The zero-order chi connectivity index (χ0) is 14.7. The number of hydrogen-bond acceptors (Lipinski definition) is 4. The Labute approximate surface area is 126 Å². The fraction of sp³-hybridized carbons (Fsp3) is 0.0625. The molecule has 0 aliphatic rings. The third kappa shape index (κ3) is 2.98. The summed E-state index contributed by atoms with van der Waals surface area (Å²) in [6, 6.07) is 13.6. The van der Waals surface area contributed by atoms with Gasteiger partial charge in [-0.1, -0.05) is 30.3 Å². The van der Waals surface area contributed by atoms with E-state index in [4.69, 9.17) is 0 Å². The van der Waals surface area contributed by atoms with Crippen molar-refractivity contribution in [2.75, 3.05) is 5.32 Å². The van der Waals surface area contributed by atoms with E-state index in [0.29, 0.717) is 11.3 Å². The summed E-state index contributed by atoms with van der Waals surface area (Å²) in [5, 5.41) is 3.54. The highest BCUT2D eigenvalue weighted by molar-refractivity contribution is 7.14. The Morgan fingerprint density at radius 1 is 1.14 bits per heavy atom. The van der Waals surface area contributed by atoms with Gasteiger partial charge in [0.15, 0.2) is 0 Å². The average Bonchev–Trinajstić information content (AvgIpc) is 3.01. The van der Waals surface area contributed by atoms with Gasteiger partial charge in [0.05, 0.1) is 28.7 Å². The lowest BCUT2D eigenvalue weighted by atomic mass is 10.1. The first-order chi connectivity index (χ1) is 10.2. The number of aryl methyl sites for hydroxylation is 1.